The fourth-order valence-corrected chi connectivity index (χ4v) is 1.68. The summed E-state index contributed by atoms with van der Waals surface area (Å²) in [5, 5.41) is 8.47. The second-order valence-corrected chi connectivity index (χ2v) is 3.50. The average molecular weight is 189 g/mol. The van der Waals surface area contributed by atoms with Gasteiger partial charge in [-0.15, -0.1) is 5.26 Å². The summed E-state index contributed by atoms with van der Waals surface area (Å²) in [5.74, 6) is 0.701. The molecule has 0 radical (unpaired) electrons. The third kappa shape index (κ3) is 2.26. The smallest absolute Gasteiger partial charge is 0.292 e. The van der Waals surface area contributed by atoms with Gasteiger partial charge in [-0.3, -0.25) is 0 Å². The van der Waals surface area contributed by atoms with Crippen LogP contribution in [0.15, 0.2) is 12.1 Å². The molecule has 0 N–H and O–H groups in total. The Balaban J connectivity index is 3.06. The van der Waals surface area contributed by atoms with E-state index < -0.39 is 0 Å². The summed E-state index contributed by atoms with van der Waals surface area (Å²) < 4.78 is 4.91. The topological polar surface area (TPSA) is 33.0 Å². The summed E-state index contributed by atoms with van der Waals surface area (Å²) in [6, 6.07) is 4.17. The molecule has 0 unspecified atom stereocenters. The van der Waals surface area contributed by atoms with E-state index in [1.165, 1.54) is 5.56 Å². The molecule has 0 bridgehead atoms. The molecule has 0 atom stereocenters. The van der Waals surface area contributed by atoms with Crippen LogP contribution in [0.5, 0.6) is 5.75 Å². The Hall–Kier alpha value is -1.49. The molecule has 2 nitrogen and oxygen atoms in total. The van der Waals surface area contributed by atoms with Crippen LogP contribution in [0.25, 0.3) is 0 Å². The number of nitriles is 1. The van der Waals surface area contributed by atoms with Crippen molar-refractivity contribution in [1.82, 2.24) is 0 Å². The molecule has 74 valence electrons. The summed E-state index contributed by atoms with van der Waals surface area (Å²) in [6.07, 6.45) is 3.93. The van der Waals surface area contributed by atoms with Gasteiger partial charge in [-0.2, -0.15) is 0 Å². The first-order valence-electron chi connectivity index (χ1n) is 4.85. The van der Waals surface area contributed by atoms with Crippen LogP contribution < -0.4 is 4.74 Å². The third-order valence-corrected chi connectivity index (χ3v) is 2.21. The predicted octanol–water partition coefficient (Wildman–Crippen LogP) is 3.12. The molecule has 0 amide bonds. The molecule has 0 aliphatic rings. The van der Waals surface area contributed by atoms with Gasteiger partial charge in [0.25, 0.3) is 6.26 Å². The molecule has 0 saturated carbocycles. The zero-order chi connectivity index (χ0) is 10.6. The van der Waals surface area contributed by atoms with Gasteiger partial charge in [-0.25, -0.2) is 0 Å². The number of hydrogen-bond donors (Lipinski definition) is 0. The van der Waals surface area contributed by atoms with E-state index in [-0.39, 0.29) is 0 Å². The van der Waals surface area contributed by atoms with E-state index in [4.69, 9.17) is 10.00 Å². The Labute approximate surface area is 85.1 Å². The maximum absolute atomic E-state index is 8.47. The fourth-order valence-electron chi connectivity index (χ4n) is 1.68. The molecule has 1 aromatic rings. The fraction of sp³-hybridized carbons (Fsp3) is 0.417. The number of rotatable bonds is 3. The van der Waals surface area contributed by atoms with E-state index >= 15 is 0 Å². The Morgan fingerprint density at radius 1 is 1.29 bits per heavy atom. The van der Waals surface area contributed by atoms with E-state index in [2.05, 4.69) is 19.1 Å². The number of aryl methyl sites for hydroxylation is 3. The predicted molar refractivity (Wildman–Crippen MR) is 56.2 cm³/mol. The summed E-state index contributed by atoms with van der Waals surface area (Å²) in [5.41, 5.74) is 3.39. The second kappa shape index (κ2) is 4.66. The molecule has 1 rings (SSSR count). The van der Waals surface area contributed by atoms with E-state index in [1.54, 1.807) is 6.26 Å². The molecule has 0 saturated heterocycles. The van der Waals surface area contributed by atoms with Gasteiger partial charge < -0.3 is 4.74 Å². The minimum Gasteiger partial charge on any atom is -0.387 e. The lowest BCUT2D eigenvalue weighted by Gasteiger charge is -2.08. The molecule has 0 heterocycles. The van der Waals surface area contributed by atoms with Gasteiger partial charge in [0.05, 0.1) is 0 Å². The van der Waals surface area contributed by atoms with Crippen molar-refractivity contribution in [2.45, 2.75) is 33.6 Å². The quantitative estimate of drug-likeness (QED) is 0.684. The highest BCUT2D eigenvalue weighted by atomic mass is 16.5. The van der Waals surface area contributed by atoms with Crippen molar-refractivity contribution in [3.8, 4) is 12.0 Å². The molecule has 1 aromatic carbocycles. The van der Waals surface area contributed by atoms with Crippen LogP contribution in [0.4, 0.5) is 0 Å². The first-order chi connectivity index (χ1) is 6.69. The number of benzene rings is 1. The van der Waals surface area contributed by atoms with Gasteiger partial charge in [0, 0.05) is 0 Å². The highest BCUT2D eigenvalue weighted by Gasteiger charge is 2.05. The van der Waals surface area contributed by atoms with Crippen LogP contribution in [0.2, 0.25) is 0 Å². The van der Waals surface area contributed by atoms with E-state index in [0.29, 0.717) is 5.75 Å². The molecule has 0 fully saturated rings. The lowest BCUT2D eigenvalue weighted by Crippen LogP contribution is -1.93. The van der Waals surface area contributed by atoms with E-state index in [0.717, 1.165) is 24.0 Å². The molecule has 0 aliphatic carbocycles. The standard InChI is InChI=1S/C12H15NO/c1-4-5-11-6-9(2)12(14-8-13)10(3)7-11/h6-7H,4-5H2,1-3H3. The lowest BCUT2D eigenvalue weighted by atomic mass is 10.0. The van der Waals surface area contributed by atoms with Gasteiger partial charge in [-0.1, -0.05) is 25.5 Å². The van der Waals surface area contributed by atoms with Crippen LogP contribution >= 0.6 is 0 Å². The van der Waals surface area contributed by atoms with Crippen LogP contribution in [0.3, 0.4) is 0 Å². The Bertz CT molecular complexity index is 340. The monoisotopic (exact) mass is 189 g/mol. The number of nitrogens with zero attached hydrogens (tertiary/aromatic N) is 1. The molecule has 2 heteroatoms. The van der Waals surface area contributed by atoms with Crippen molar-refractivity contribution in [1.29, 1.82) is 5.26 Å². The van der Waals surface area contributed by atoms with Crippen molar-refractivity contribution in [3.05, 3.63) is 28.8 Å². The summed E-state index contributed by atoms with van der Waals surface area (Å²) in [4.78, 5) is 0. The van der Waals surface area contributed by atoms with Crippen LogP contribution in [0.1, 0.15) is 30.0 Å². The maximum atomic E-state index is 8.47. The first-order valence-corrected chi connectivity index (χ1v) is 4.85. The third-order valence-electron chi connectivity index (χ3n) is 2.21. The molecule has 0 spiro atoms. The summed E-state index contributed by atoms with van der Waals surface area (Å²) in [6.45, 7) is 6.10. The molecular weight excluding hydrogens is 174 g/mol. The zero-order valence-corrected chi connectivity index (χ0v) is 8.92. The second-order valence-electron chi connectivity index (χ2n) is 3.50. The SMILES string of the molecule is CCCc1cc(C)c(OC#N)c(C)c1. The minimum absolute atomic E-state index is 0.701. The van der Waals surface area contributed by atoms with Crippen molar-refractivity contribution >= 4 is 0 Å². The van der Waals surface area contributed by atoms with Crippen molar-refractivity contribution < 1.29 is 4.74 Å². The van der Waals surface area contributed by atoms with Crippen molar-refractivity contribution in [3.63, 3.8) is 0 Å². The summed E-state index contributed by atoms with van der Waals surface area (Å²) in [7, 11) is 0. The number of ether oxygens (including phenoxy) is 1. The highest BCUT2D eigenvalue weighted by molar-refractivity contribution is 5.43. The Kier molecular flexibility index (Phi) is 3.53. The van der Waals surface area contributed by atoms with Crippen LogP contribution in [-0.4, -0.2) is 0 Å². The van der Waals surface area contributed by atoms with Crippen LogP contribution in [0, 0.1) is 25.4 Å². The Morgan fingerprint density at radius 3 is 2.29 bits per heavy atom. The normalized spacial score (nSPS) is 9.57. The molecular formula is C12H15NO. The average Bonchev–Trinajstić information content (AvgIpc) is 2.12. The largest absolute Gasteiger partial charge is 0.387 e. The van der Waals surface area contributed by atoms with Gasteiger partial charge in [0.1, 0.15) is 5.75 Å². The first kappa shape index (κ1) is 10.6. The van der Waals surface area contributed by atoms with Crippen molar-refractivity contribution in [2.24, 2.45) is 0 Å². The van der Waals surface area contributed by atoms with Gasteiger partial charge in [-0.05, 0) is 37.0 Å². The van der Waals surface area contributed by atoms with Gasteiger partial charge in [0.2, 0.25) is 0 Å². The molecule has 0 aromatic heterocycles. The van der Waals surface area contributed by atoms with Crippen molar-refractivity contribution in [2.75, 3.05) is 0 Å². The van der Waals surface area contributed by atoms with E-state index in [1.807, 2.05) is 13.8 Å². The summed E-state index contributed by atoms with van der Waals surface area (Å²) >= 11 is 0. The number of hydrogen-bond acceptors (Lipinski definition) is 2. The highest BCUT2D eigenvalue weighted by Crippen LogP contribution is 2.25. The van der Waals surface area contributed by atoms with E-state index in [9.17, 15) is 0 Å². The van der Waals surface area contributed by atoms with Gasteiger partial charge in [0.15, 0.2) is 0 Å². The Morgan fingerprint density at radius 2 is 1.86 bits per heavy atom. The lowest BCUT2D eigenvalue weighted by molar-refractivity contribution is 0.498. The van der Waals surface area contributed by atoms with Gasteiger partial charge >= 0.3 is 0 Å². The minimum atomic E-state index is 0.701. The zero-order valence-electron chi connectivity index (χ0n) is 8.92. The maximum Gasteiger partial charge on any atom is 0.292 e. The van der Waals surface area contributed by atoms with Crippen LogP contribution in [-0.2, 0) is 6.42 Å². The molecule has 14 heavy (non-hydrogen) atoms. The molecule has 0 aliphatic heterocycles.